The third kappa shape index (κ3) is 4.54. The molecule has 1 aromatic heterocycles. The van der Waals surface area contributed by atoms with Crippen LogP contribution < -0.4 is 10.6 Å². The average Bonchev–Trinajstić information content (AvgIpc) is 3.11. The molecule has 5 nitrogen and oxygen atoms in total. The minimum absolute atomic E-state index is 0.0649. The zero-order chi connectivity index (χ0) is 22.8. The number of amides is 1. The van der Waals surface area contributed by atoms with Gasteiger partial charge in [0.25, 0.3) is 0 Å². The summed E-state index contributed by atoms with van der Waals surface area (Å²) >= 11 is 6.27. The average molecular weight is 456 g/mol. The van der Waals surface area contributed by atoms with Crippen LogP contribution in [-0.2, 0) is 17.8 Å². The lowest BCUT2D eigenvalue weighted by molar-refractivity contribution is -0.115. The monoisotopic (exact) mass is 455 g/mol. The molecule has 6 heteroatoms. The molecule has 2 heterocycles. The number of hydrogen-bond donors (Lipinski definition) is 2. The van der Waals surface area contributed by atoms with E-state index in [-0.39, 0.29) is 11.7 Å². The fourth-order valence-electron chi connectivity index (χ4n) is 4.15. The van der Waals surface area contributed by atoms with E-state index in [0.717, 1.165) is 22.5 Å². The molecule has 0 fully saturated rings. The van der Waals surface area contributed by atoms with Crippen LogP contribution in [0.2, 0.25) is 5.02 Å². The lowest BCUT2D eigenvalue weighted by atomic mass is 10.0. The van der Waals surface area contributed by atoms with Gasteiger partial charge in [-0.15, -0.1) is 0 Å². The fourth-order valence-corrected chi connectivity index (χ4v) is 4.38. The van der Waals surface area contributed by atoms with Gasteiger partial charge in [-0.2, -0.15) is 0 Å². The number of carbonyl (C=O) groups excluding carboxylic acids is 2. The molecule has 0 radical (unpaired) electrons. The van der Waals surface area contributed by atoms with Crippen LogP contribution in [0.5, 0.6) is 0 Å². The third-order valence-corrected chi connectivity index (χ3v) is 5.98. The van der Waals surface area contributed by atoms with Gasteiger partial charge in [-0.3, -0.25) is 9.59 Å². The van der Waals surface area contributed by atoms with Crippen molar-refractivity contribution in [2.75, 3.05) is 10.6 Å². The van der Waals surface area contributed by atoms with Gasteiger partial charge in [0.15, 0.2) is 5.78 Å². The summed E-state index contributed by atoms with van der Waals surface area (Å²) in [4.78, 5) is 25.8. The highest BCUT2D eigenvalue weighted by Gasteiger charge is 2.28. The highest BCUT2D eigenvalue weighted by atomic mass is 35.5. The van der Waals surface area contributed by atoms with E-state index in [1.165, 1.54) is 0 Å². The number of nitrogens with one attached hydrogen (secondary N) is 2. The molecular weight excluding hydrogens is 434 g/mol. The van der Waals surface area contributed by atoms with Crippen molar-refractivity contribution in [1.29, 1.82) is 0 Å². The summed E-state index contributed by atoms with van der Waals surface area (Å²) in [5, 5.41) is 6.89. The van der Waals surface area contributed by atoms with Crippen LogP contribution in [0.25, 0.3) is 0 Å². The van der Waals surface area contributed by atoms with E-state index >= 15 is 0 Å². The van der Waals surface area contributed by atoms with Gasteiger partial charge in [-0.05, 0) is 47.5 Å². The minimum atomic E-state index is -0.570. The number of carbonyl (C=O) groups is 2. The van der Waals surface area contributed by atoms with Gasteiger partial charge >= 0.3 is 0 Å². The lowest BCUT2D eigenvalue weighted by Crippen LogP contribution is -2.22. The summed E-state index contributed by atoms with van der Waals surface area (Å²) in [6, 6.07) is 25.8. The van der Waals surface area contributed by atoms with E-state index in [2.05, 4.69) is 10.6 Å². The number of aromatic nitrogens is 1. The van der Waals surface area contributed by atoms with Crippen molar-refractivity contribution in [3.05, 3.63) is 119 Å². The van der Waals surface area contributed by atoms with Crippen molar-refractivity contribution < 1.29 is 9.59 Å². The maximum absolute atomic E-state index is 13.5. The number of fused-ring (bicyclic) bond motifs is 2. The molecule has 164 valence electrons. The van der Waals surface area contributed by atoms with Crippen molar-refractivity contribution in [3.8, 4) is 0 Å². The second kappa shape index (κ2) is 8.96. The molecule has 0 saturated carbocycles. The number of para-hydroxylation sites is 1. The molecule has 3 aromatic carbocycles. The van der Waals surface area contributed by atoms with Gasteiger partial charge in [-0.1, -0.05) is 60.1 Å². The van der Waals surface area contributed by atoms with Gasteiger partial charge < -0.3 is 15.2 Å². The summed E-state index contributed by atoms with van der Waals surface area (Å²) in [6.45, 7) is 0.640. The van der Waals surface area contributed by atoms with Crippen LogP contribution in [0.1, 0.15) is 33.2 Å². The predicted octanol–water partition coefficient (Wildman–Crippen LogP) is 5.72. The molecule has 0 bridgehead atoms. The zero-order valence-corrected chi connectivity index (χ0v) is 18.5. The summed E-state index contributed by atoms with van der Waals surface area (Å²) in [5.41, 5.74) is 5.00. The number of hydrogen-bond acceptors (Lipinski definition) is 3. The number of nitrogens with zero attached hydrogens (tertiary/aromatic N) is 1. The first-order valence-electron chi connectivity index (χ1n) is 10.7. The third-order valence-electron chi connectivity index (χ3n) is 5.77. The number of rotatable bonds is 5. The second-order valence-electron chi connectivity index (χ2n) is 8.10. The molecule has 4 aromatic rings. The fraction of sp³-hybridized carbons (Fsp3) is 0.111. The molecule has 1 aliphatic heterocycles. The topological polar surface area (TPSA) is 63.1 Å². The quantitative estimate of drug-likeness (QED) is 0.378. The molecule has 5 rings (SSSR count). The van der Waals surface area contributed by atoms with Crippen LogP contribution in [0, 0.1) is 0 Å². The summed E-state index contributed by atoms with van der Waals surface area (Å²) in [7, 11) is 0. The summed E-state index contributed by atoms with van der Waals surface area (Å²) in [5.74, 6) is -0.167. The Bertz CT molecular complexity index is 1310. The normalized spacial score (nSPS) is 14.4. The first-order chi connectivity index (χ1) is 16.1. The Kier molecular flexibility index (Phi) is 5.71. The van der Waals surface area contributed by atoms with E-state index < -0.39 is 6.04 Å². The van der Waals surface area contributed by atoms with Crippen LogP contribution in [-0.4, -0.2) is 16.3 Å². The molecular formula is C27H22ClN3O2. The Hall–Kier alpha value is -3.83. The van der Waals surface area contributed by atoms with Gasteiger partial charge in [0.05, 0.1) is 17.1 Å². The molecule has 0 aliphatic carbocycles. The standard InChI is InChI=1S/C27H22ClN3O2/c28-21-15-24-26(30-23-9-5-4-8-20(23)16-31(24)17-21)27(33)19-10-12-22(13-11-19)29-25(32)14-18-6-2-1-3-7-18/h1-13,15,17,26,30H,14,16H2,(H,29,32). The van der Waals surface area contributed by atoms with E-state index in [9.17, 15) is 9.59 Å². The maximum atomic E-state index is 13.5. The second-order valence-corrected chi connectivity index (χ2v) is 8.53. The maximum Gasteiger partial charge on any atom is 0.228 e. The Balaban J connectivity index is 1.35. The molecule has 1 amide bonds. The van der Waals surface area contributed by atoms with Crippen molar-refractivity contribution in [2.24, 2.45) is 0 Å². The molecule has 33 heavy (non-hydrogen) atoms. The Morgan fingerprint density at radius 1 is 0.970 bits per heavy atom. The van der Waals surface area contributed by atoms with Crippen LogP contribution in [0.3, 0.4) is 0 Å². The lowest BCUT2D eigenvalue weighted by Gasteiger charge is -2.18. The van der Waals surface area contributed by atoms with E-state index in [1.54, 1.807) is 24.3 Å². The van der Waals surface area contributed by atoms with Gasteiger partial charge in [-0.25, -0.2) is 0 Å². The smallest absolute Gasteiger partial charge is 0.228 e. The van der Waals surface area contributed by atoms with Crippen molar-refractivity contribution in [1.82, 2.24) is 4.57 Å². The molecule has 1 atom stereocenters. The number of halogens is 1. The van der Waals surface area contributed by atoms with E-state index in [1.807, 2.05) is 71.4 Å². The van der Waals surface area contributed by atoms with Gasteiger partial charge in [0.1, 0.15) is 6.04 Å². The van der Waals surface area contributed by atoms with Gasteiger partial charge in [0, 0.05) is 29.7 Å². The number of Topliss-reactive ketones (excluding diaryl/α,β-unsaturated/α-hetero) is 1. The molecule has 1 unspecified atom stereocenters. The van der Waals surface area contributed by atoms with Crippen molar-refractivity contribution in [2.45, 2.75) is 19.0 Å². The Labute approximate surface area is 197 Å². The molecule has 2 N–H and O–H groups in total. The number of ketones is 1. The summed E-state index contributed by atoms with van der Waals surface area (Å²) in [6.07, 6.45) is 2.15. The Morgan fingerprint density at radius 3 is 2.48 bits per heavy atom. The van der Waals surface area contributed by atoms with E-state index in [4.69, 9.17) is 11.6 Å². The largest absolute Gasteiger partial charge is 0.370 e. The zero-order valence-electron chi connectivity index (χ0n) is 17.8. The summed E-state index contributed by atoms with van der Waals surface area (Å²) < 4.78 is 2.02. The number of benzene rings is 3. The van der Waals surface area contributed by atoms with Crippen molar-refractivity contribution in [3.63, 3.8) is 0 Å². The highest BCUT2D eigenvalue weighted by molar-refractivity contribution is 6.30. The molecule has 0 saturated heterocycles. The SMILES string of the molecule is O=C(Cc1ccccc1)Nc1ccc(C(=O)C2Nc3ccccc3Cn3cc(Cl)cc32)cc1. The van der Waals surface area contributed by atoms with E-state index in [0.29, 0.717) is 29.2 Å². The minimum Gasteiger partial charge on any atom is -0.370 e. The van der Waals surface area contributed by atoms with Crippen molar-refractivity contribution >= 4 is 34.7 Å². The molecule has 1 aliphatic rings. The van der Waals surface area contributed by atoms with Gasteiger partial charge in [0.2, 0.25) is 5.91 Å². The molecule has 0 spiro atoms. The first kappa shape index (κ1) is 21.0. The van der Waals surface area contributed by atoms with Crippen LogP contribution >= 0.6 is 11.6 Å². The van der Waals surface area contributed by atoms with Crippen LogP contribution in [0.15, 0.2) is 91.1 Å². The number of anilines is 2. The Morgan fingerprint density at radius 2 is 1.70 bits per heavy atom. The predicted molar refractivity (Wildman–Crippen MR) is 131 cm³/mol. The highest BCUT2D eigenvalue weighted by Crippen LogP contribution is 2.33. The van der Waals surface area contributed by atoms with Crippen LogP contribution in [0.4, 0.5) is 11.4 Å². The first-order valence-corrected chi connectivity index (χ1v) is 11.1.